The number of ether oxygens (including phenoxy) is 3. The quantitative estimate of drug-likeness (QED) is 0.0759. The Morgan fingerprint density at radius 2 is 1.86 bits per heavy atom. The van der Waals surface area contributed by atoms with Crippen molar-refractivity contribution >= 4 is 41.1 Å². The minimum absolute atomic E-state index is 0.0578. The van der Waals surface area contributed by atoms with Crippen LogP contribution < -0.4 is 19.1 Å². The minimum Gasteiger partial charge on any atom is -0.493 e. The summed E-state index contributed by atoms with van der Waals surface area (Å²) in [6.45, 7) is 3.60. The van der Waals surface area contributed by atoms with E-state index in [0.29, 0.717) is 43.2 Å². The number of anilines is 1. The van der Waals surface area contributed by atoms with Crippen molar-refractivity contribution < 1.29 is 37.0 Å². The normalized spacial score (nSPS) is 21.9. The van der Waals surface area contributed by atoms with E-state index in [1.807, 2.05) is 36.1 Å². The third-order valence-electron chi connectivity index (χ3n) is 12.1. The molecule has 0 radical (unpaired) electrons. The molecule has 2 heterocycles. The van der Waals surface area contributed by atoms with E-state index in [4.69, 9.17) is 25.8 Å². The van der Waals surface area contributed by atoms with Crippen LogP contribution in [0.4, 0.5) is 18.9 Å². The SMILES string of the molecule is COC(=O)C1(N(C(=O)C(F)(F)F)c2cccc(Cl)c2)CCC2(CC1)c1cc(OCCNSc3cn(C)cn3)ccc1CC2C[C@@H](C)COc1ccnc2c1CCCC2. The number of esters is 1. The molecule has 0 saturated heterocycles. The molecule has 1 N–H and O–H groups in total. The monoisotopic (exact) mass is 839 g/mol. The number of imidazole rings is 1. The second-order valence-corrected chi connectivity index (χ2v) is 17.2. The number of hydrogen-bond acceptors (Lipinski definition) is 9. The van der Waals surface area contributed by atoms with Crippen molar-refractivity contribution in [3.8, 4) is 11.5 Å². The molecule has 10 nitrogen and oxygen atoms in total. The number of methoxy groups -OCH3 is 1. The number of carbonyl (C=O) groups excluding carboxylic acids is 2. The Hall–Kier alpha value is -4.27. The zero-order valence-electron chi connectivity index (χ0n) is 32.9. The highest BCUT2D eigenvalue weighted by atomic mass is 35.5. The lowest BCUT2D eigenvalue weighted by Crippen LogP contribution is -2.63. The molecule has 2 atom stereocenters. The number of benzene rings is 2. The first kappa shape index (κ1) is 41.9. The number of pyridine rings is 1. The van der Waals surface area contributed by atoms with E-state index in [-0.39, 0.29) is 35.4 Å². The molecular weight excluding hydrogens is 791 g/mol. The molecular formula is C43H49ClF3N5O5S. The summed E-state index contributed by atoms with van der Waals surface area (Å²) in [5, 5.41) is 0.982. The van der Waals surface area contributed by atoms with Crippen LogP contribution in [0, 0.1) is 11.8 Å². The largest absolute Gasteiger partial charge is 0.493 e. The van der Waals surface area contributed by atoms with Crippen LogP contribution in [0.25, 0.3) is 0 Å². The maximum absolute atomic E-state index is 14.4. The number of hydrogen-bond donors (Lipinski definition) is 1. The van der Waals surface area contributed by atoms with E-state index in [1.54, 1.807) is 6.33 Å². The molecule has 0 aliphatic heterocycles. The molecule has 2 aromatic heterocycles. The van der Waals surface area contributed by atoms with Crippen LogP contribution in [0.1, 0.15) is 74.3 Å². The van der Waals surface area contributed by atoms with Crippen LogP contribution >= 0.6 is 23.5 Å². The minimum atomic E-state index is -5.26. The second-order valence-electron chi connectivity index (χ2n) is 15.8. The number of fused-ring (bicyclic) bond motifs is 3. The first-order valence-corrected chi connectivity index (χ1v) is 21.0. The molecule has 1 saturated carbocycles. The summed E-state index contributed by atoms with van der Waals surface area (Å²) < 4.78 is 66.4. The van der Waals surface area contributed by atoms with Gasteiger partial charge in [-0.05, 0) is 141 Å². The van der Waals surface area contributed by atoms with E-state index >= 15 is 0 Å². The molecule has 7 rings (SSSR count). The highest BCUT2D eigenvalue weighted by Crippen LogP contribution is 2.58. The number of aryl methyl sites for hydroxylation is 2. The van der Waals surface area contributed by atoms with Crippen LogP contribution in [0.3, 0.4) is 0 Å². The number of aromatic nitrogens is 3. The number of alkyl halides is 3. The Morgan fingerprint density at radius 1 is 1.07 bits per heavy atom. The van der Waals surface area contributed by atoms with E-state index < -0.39 is 29.0 Å². The van der Waals surface area contributed by atoms with Crippen molar-refractivity contribution in [3.63, 3.8) is 0 Å². The number of halogens is 4. The summed E-state index contributed by atoms with van der Waals surface area (Å²) in [6, 6.07) is 13.7. The fraction of sp³-hybridized carbons (Fsp3) is 0.488. The fourth-order valence-electron chi connectivity index (χ4n) is 9.36. The van der Waals surface area contributed by atoms with E-state index in [1.165, 1.54) is 41.8 Å². The van der Waals surface area contributed by atoms with Gasteiger partial charge < -0.3 is 18.8 Å². The summed E-state index contributed by atoms with van der Waals surface area (Å²) in [7, 11) is 3.05. The van der Waals surface area contributed by atoms with Crippen molar-refractivity contribution in [3.05, 3.63) is 94.7 Å². The van der Waals surface area contributed by atoms with Gasteiger partial charge in [0, 0.05) is 48.0 Å². The van der Waals surface area contributed by atoms with Crippen LogP contribution in [0.15, 0.2) is 72.3 Å². The number of nitrogens with zero attached hydrogens (tertiary/aromatic N) is 4. The third kappa shape index (κ3) is 8.70. The average molecular weight is 840 g/mol. The Kier molecular flexibility index (Phi) is 12.7. The predicted octanol–water partition coefficient (Wildman–Crippen LogP) is 8.62. The molecule has 15 heteroatoms. The molecule has 3 aliphatic carbocycles. The summed E-state index contributed by atoms with van der Waals surface area (Å²) >= 11 is 7.67. The van der Waals surface area contributed by atoms with E-state index in [9.17, 15) is 22.8 Å². The zero-order chi connectivity index (χ0) is 41.1. The van der Waals surface area contributed by atoms with Crippen molar-refractivity contribution in [2.24, 2.45) is 18.9 Å². The lowest BCUT2D eigenvalue weighted by molar-refractivity contribution is -0.174. The van der Waals surface area contributed by atoms with E-state index in [2.05, 4.69) is 33.7 Å². The Labute approximate surface area is 346 Å². The lowest BCUT2D eigenvalue weighted by Gasteiger charge is -2.51. The van der Waals surface area contributed by atoms with Crippen molar-refractivity contribution in [2.75, 3.05) is 31.8 Å². The molecule has 58 heavy (non-hydrogen) atoms. The van der Waals surface area contributed by atoms with Crippen LogP contribution in [0.5, 0.6) is 11.5 Å². The lowest BCUT2D eigenvalue weighted by atomic mass is 9.59. The number of amides is 1. The standard InChI is InChI=1S/C43H49ClF3N5O5S/c1-28(26-57-37-13-18-48-36-10-5-4-9-34(36)37)21-30-22-29-11-12-33(56-20-19-50-58-38-25-51(2)27-49-38)24-35(29)41(30)14-16-42(17-15-41,40(54)55-3)52(39(53)43(45,46)47)32-8-6-7-31(44)23-32/h6-8,11-13,18,23-25,27-28,30,50H,4-5,9-10,14-17,19-22,26H2,1-3H3/t28-,30?,41?,42?/m1/s1. The summed E-state index contributed by atoms with van der Waals surface area (Å²) in [5.74, 6) is -1.28. The molecule has 1 unspecified atom stereocenters. The molecule has 1 spiro atoms. The summed E-state index contributed by atoms with van der Waals surface area (Å²) in [4.78, 5) is 36.8. The van der Waals surface area contributed by atoms with Gasteiger partial charge in [-0.3, -0.25) is 19.4 Å². The third-order valence-corrected chi connectivity index (χ3v) is 13.1. The maximum atomic E-state index is 14.4. The van der Waals surface area contributed by atoms with Gasteiger partial charge in [-0.2, -0.15) is 13.2 Å². The van der Waals surface area contributed by atoms with Crippen LogP contribution in [-0.4, -0.2) is 65.0 Å². The van der Waals surface area contributed by atoms with Crippen molar-refractivity contribution in [2.45, 2.75) is 93.3 Å². The van der Waals surface area contributed by atoms with Gasteiger partial charge in [0.25, 0.3) is 0 Å². The van der Waals surface area contributed by atoms with Crippen LogP contribution in [-0.2, 0) is 46.1 Å². The van der Waals surface area contributed by atoms with Crippen molar-refractivity contribution in [1.29, 1.82) is 0 Å². The number of carbonyl (C=O) groups is 2. The summed E-state index contributed by atoms with van der Waals surface area (Å²) in [5.41, 5.74) is 1.94. The number of rotatable bonds is 14. The zero-order valence-corrected chi connectivity index (χ0v) is 34.5. The molecule has 1 amide bonds. The Bertz CT molecular complexity index is 2110. The molecule has 2 aromatic carbocycles. The average Bonchev–Trinajstić information content (AvgIpc) is 3.76. The topological polar surface area (TPSA) is 108 Å². The molecule has 310 valence electrons. The van der Waals surface area contributed by atoms with Gasteiger partial charge in [0.1, 0.15) is 28.7 Å². The Balaban J connectivity index is 1.16. The van der Waals surface area contributed by atoms with Crippen molar-refractivity contribution in [1.82, 2.24) is 19.3 Å². The first-order chi connectivity index (χ1) is 27.8. The van der Waals surface area contributed by atoms with Gasteiger partial charge in [-0.15, -0.1) is 0 Å². The molecule has 4 aromatic rings. The summed E-state index contributed by atoms with van der Waals surface area (Å²) in [6.07, 6.45) is 6.40. The fourth-order valence-corrected chi connectivity index (χ4v) is 10.2. The highest BCUT2D eigenvalue weighted by molar-refractivity contribution is 7.97. The first-order valence-electron chi connectivity index (χ1n) is 19.8. The second kappa shape index (κ2) is 17.5. The van der Waals surface area contributed by atoms with Gasteiger partial charge in [0.15, 0.2) is 0 Å². The number of nitrogens with one attached hydrogen (secondary N) is 1. The van der Waals surface area contributed by atoms with Gasteiger partial charge in [0.2, 0.25) is 0 Å². The van der Waals surface area contributed by atoms with Gasteiger partial charge in [-0.25, -0.2) is 9.78 Å². The molecule has 1 fully saturated rings. The molecule has 0 bridgehead atoms. The van der Waals surface area contributed by atoms with Gasteiger partial charge >= 0.3 is 18.1 Å². The molecule has 3 aliphatic rings. The van der Waals surface area contributed by atoms with Crippen LogP contribution in [0.2, 0.25) is 5.02 Å². The highest BCUT2D eigenvalue weighted by Gasteiger charge is 2.60. The smallest absolute Gasteiger partial charge is 0.471 e. The predicted molar refractivity (Wildman–Crippen MR) is 216 cm³/mol. The van der Waals surface area contributed by atoms with E-state index in [0.717, 1.165) is 73.2 Å². The van der Waals surface area contributed by atoms with Gasteiger partial charge in [-0.1, -0.05) is 30.7 Å². The maximum Gasteiger partial charge on any atom is 0.471 e. The van der Waals surface area contributed by atoms with Gasteiger partial charge in [0.05, 0.1) is 20.0 Å². The Morgan fingerprint density at radius 3 is 2.59 bits per heavy atom.